The van der Waals surface area contributed by atoms with Crippen LogP contribution < -0.4 is 0 Å². The Kier molecular flexibility index (Phi) is 7.61. The molecular formula is C14H19BrO9. The van der Waals surface area contributed by atoms with Gasteiger partial charge in [0.1, 0.15) is 11.6 Å². The van der Waals surface area contributed by atoms with Gasteiger partial charge < -0.3 is 24.8 Å². The maximum Gasteiger partial charge on any atom is 0.303 e. The normalized spacial score (nSPS) is 29.7. The second kappa shape index (κ2) is 8.97. The minimum atomic E-state index is -1.17. The van der Waals surface area contributed by atoms with E-state index in [4.69, 9.17) is 24.8 Å². The summed E-state index contributed by atoms with van der Waals surface area (Å²) in [5.74, 6) is -6.34. The summed E-state index contributed by atoms with van der Waals surface area (Å²) in [6.07, 6.45) is -2.04. The Hall–Kier alpha value is -1.68. The Labute approximate surface area is 146 Å². The molecule has 3 N–H and O–H groups in total. The number of carbonyl (C=O) groups is 4. The molecule has 0 spiro atoms. The molecule has 9 nitrogen and oxygen atoms in total. The first-order valence-corrected chi connectivity index (χ1v) is 8.11. The Morgan fingerprint density at radius 1 is 0.917 bits per heavy atom. The molecule has 0 aromatic rings. The standard InChI is InChI=1S/C14H19BrO9/c1-6(16)23-5-10-8(3-12(19)20)7(2-11(17)18)9(4-13(21)22)14(15)24-10/h7-10,14H,2-5H2,1H3,(H,17,18)(H,19,20)(H,21,22)/t7-,8+,9-,10-,14?/m0/s1. The fourth-order valence-corrected chi connectivity index (χ4v) is 3.81. The molecule has 10 heteroatoms. The molecule has 1 aliphatic rings. The largest absolute Gasteiger partial charge is 0.481 e. The number of hydrogen-bond acceptors (Lipinski definition) is 6. The second-order valence-electron chi connectivity index (χ2n) is 5.61. The number of carboxylic acid groups (broad SMARTS) is 3. The fourth-order valence-electron chi connectivity index (χ4n) is 2.95. The van der Waals surface area contributed by atoms with Crippen molar-refractivity contribution < 1.29 is 44.0 Å². The van der Waals surface area contributed by atoms with Crippen LogP contribution in [-0.2, 0) is 28.7 Å². The van der Waals surface area contributed by atoms with Crippen molar-refractivity contribution in [3.8, 4) is 0 Å². The number of aliphatic carboxylic acids is 3. The minimum Gasteiger partial charge on any atom is -0.481 e. The van der Waals surface area contributed by atoms with E-state index in [1.54, 1.807) is 0 Å². The molecule has 1 aliphatic heterocycles. The Bertz CT molecular complexity index is 506. The topological polar surface area (TPSA) is 147 Å². The molecule has 1 saturated heterocycles. The highest BCUT2D eigenvalue weighted by molar-refractivity contribution is 9.09. The average Bonchev–Trinajstić information content (AvgIpc) is 2.42. The van der Waals surface area contributed by atoms with E-state index >= 15 is 0 Å². The lowest BCUT2D eigenvalue weighted by Crippen LogP contribution is -2.49. The van der Waals surface area contributed by atoms with Gasteiger partial charge in [-0.25, -0.2) is 0 Å². The van der Waals surface area contributed by atoms with Crippen LogP contribution in [-0.4, -0.2) is 56.9 Å². The van der Waals surface area contributed by atoms with Gasteiger partial charge in [-0.15, -0.1) is 0 Å². The molecule has 0 bridgehead atoms. The monoisotopic (exact) mass is 410 g/mol. The van der Waals surface area contributed by atoms with Gasteiger partial charge in [-0.1, -0.05) is 15.9 Å². The van der Waals surface area contributed by atoms with Crippen molar-refractivity contribution in [2.75, 3.05) is 6.61 Å². The molecule has 0 radical (unpaired) electrons. The van der Waals surface area contributed by atoms with E-state index in [1.807, 2.05) is 0 Å². The van der Waals surface area contributed by atoms with E-state index in [0.717, 1.165) is 0 Å². The van der Waals surface area contributed by atoms with E-state index in [-0.39, 0.29) is 13.0 Å². The molecule has 5 atom stereocenters. The van der Waals surface area contributed by atoms with Crippen molar-refractivity contribution in [3.63, 3.8) is 0 Å². The number of ether oxygens (including phenoxy) is 2. The van der Waals surface area contributed by atoms with E-state index in [0.29, 0.717) is 0 Å². The molecule has 0 saturated carbocycles. The molecular weight excluding hydrogens is 392 g/mol. The number of carbonyl (C=O) groups excluding carboxylic acids is 1. The Morgan fingerprint density at radius 3 is 1.83 bits per heavy atom. The van der Waals surface area contributed by atoms with Crippen LogP contribution >= 0.6 is 15.9 Å². The minimum absolute atomic E-state index is 0.231. The van der Waals surface area contributed by atoms with Gasteiger partial charge in [0.2, 0.25) is 0 Å². The van der Waals surface area contributed by atoms with Gasteiger partial charge in [-0.3, -0.25) is 19.2 Å². The lowest BCUT2D eigenvalue weighted by molar-refractivity contribution is -0.171. The molecule has 0 aliphatic carbocycles. The summed E-state index contributed by atoms with van der Waals surface area (Å²) >= 11 is 3.19. The van der Waals surface area contributed by atoms with Crippen LogP contribution in [0.5, 0.6) is 0 Å². The van der Waals surface area contributed by atoms with Gasteiger partial charge in [0.15, 0.2) is 0 Å². The first kappa shape index (κ1) is 20.4. The van der Waals surface area contributed by atoms with Gasteiger partial charge >= 0.3 is 23.9 Å². The first-order chi connectivity index (χ1) is 11.1. The zero-order valence-corrected chi connectivity index (χ0v) is 14.5. The van der Waals surface area contributed by atoms with Gasteiger partial charge in [0.25, 0.3) is 0 Å². The molecule has 0 aromatic heterocycles. The second-order valence-corrected chi connectivity index (χ2v) is 6.52. The van der Waals surface area contributed by atoms with Gasteiger partial charge in [0.05, 0.1) is 18.9 Å². The van der Waals surface area contributed by atoms with Crippen molar-refractivity contribution in [3.05, 3.63) is 0 Å². The summed E-state index contributed by atoms with van der Waals surface area (Å²) in [6.45, 7) is 0.952. The molecule has 0 aromatic carbocycles. The number of esters is 1. The highest BCUT2D eigenvalue weighted by Gasteiger charge is 2.47. The maximum absolute atomic E-state index is 11.2. The van der Waals surface area contributed by atoms with E-state index in [1.165, 1.54) is 6.92 Å². The third-order valence-electron chi connectivity index (χ3n) is 3.90. The number of carboxylic acids is 3. The molecule has 0 amide bonds. The number of hydrogen-bond donors (Lipinski definition) is 3. The first-order valence-electron chi connectivity index (χ1n) is 7.20. The lowest BCUT2D eigenvalue weighted by Gasteiger charge is -2.44. The zero-order chi connectivity index (χ0) is 18.4. The number of rotatable bonds is 8. The molecule has 1 fully saturated rings. The summed E-state index contributed by atoms with van der Waals surface area (Å²) in [5, 5.41) is 26.5. The van der Waals surface area contributed by atoms with E-state index in [9.17, 15) is 19.2 Å². The van der Waals surface area contributed by atoms with Crippen molar-refractivity contribution in [2.45, 2.75) is 37.3 Å². The highest BCUT2D eigenvalue weighted by atomic mass is 79.9. The predicted molar refractivity (Wildman–Crippen MR) is 81.4 cm³/mol. The van der Waals surface area contributed by atoms with Crippen LogP contribution in [0.2, 0.25) is 0 Å². The summed E-state index contributed by atoms with van der Waals surface area (Å²) in [7, 11) is 0. The quantitative estimate of drug-likeness (QED) is 0.392. The molecule has 1 rings (SSSR count). The van der Waals surface area contributed by atoms with Crippen molar-refractivity contribution in [1.82, 2.24) is 0 Å². The van der Waals surface area contributed by atoms with Crippen LogP contribution in [0.15, 0.2) is 0 Å². The molecule has 1 heterocycles. The lowest BCUT2D eigenvalue weighted by atomic mass is 9.72. The summed E-state index contributed by atoms with van der Waals surface area (Å²) in [4.78, 5) is 44.4. The van der Waals surface area contributed by atoms with Crippen molar-refractivity contribution >= 4 is 39.8 Å². The molecule has 136 valence electrons. The SMILES string of the molecule is CC(=O)OC[C@@H]1OC(Br)[C@@H](CC(=O)O)[C@@H](CC(=O)O)[C@H]1CC(=O)O. The highest BCUT2D eigenvalue weighted by Crippen LogP contribution is 2.43. The van der Waals surface area contributed by atoms with E-state index in [2.05, 4.69) is 15.9 Å². The van der Waals surface area contributed by atoms with Crippen LogP contribution in [0.3, 0.4) is 0 Å². The Morgan fingerprint density at radius 2 is 1.38 bits per heavy atom. The third kappa shape index (κ3) is 6.08. The number of alkyl halides is 1. The van der Waals surface area contributed by atoms with Crippen LogP contribution in [0, 0.1) is 17.8 Å². The molecule has 1 unspecified atom stereocenters. The predicted octanol–water partition coefficient (Wildman–Crippen LogP) is 0.942. The van der Waals surface area contributed by atoms with Gasteiger partial charge in [-0.2, -0.15) is 0 Å². The summed E-state index contributed by atoms with van der Waals surface area (Å²) in [5.41, 5.74) is 0. The number of halogens is 1. The van der Waals surface area contributed by atoms with Crippen molar-refractivity contribution in [2.24, 2.45) is 17.8 Å². The fraction of sp³-hybridized carbons (Fsp3) is 0.714. The average molecular weight is 411 g/mol. The van der Waals surface area contributed by atoms with Crippen LogP contribution in [0.1, 0.15) is 26.2 Å². The Balaban J connectivity index is 3.11. The smallest absolute Gasteiger partial charge is 0.303 e. The van der Waals surface area contributed by atoms with Gasteiger partial charge in [0, 0.05) is 25.2 Å². The van der Waals surface area contributed by atoms with Crippen LogP contribution in [0.4, 0.5) is 0 Å². The third-order valence-corrected chi connectivity index (χ3v) is 4.80. The summed E-state index contributed by atoms with van der Waals surface area (Å²) in [6, 6.07) is 0. The van der Waals surface area contributed by atoms with Crippen LogP contribution in [0.25, 0.3) is 0 Å². The van der Waals surface area contributed by atoms with E-state index < -0.39 is 65.6 Å². The maximum atomic E-state index is 11.2. The molecule has 24 heavy (non-hydrogen) atoms. The zero-order valence-electron chi connectivity index (χ0n) is 12.9. The van der Waals surface area contributed by atoms with Gasteiger partial charge in [-0.05, 0) is 5.92 Å². The van der Waals surface area contributed by atoms with Crippen molar-refractivity contribution in [1.29, 1.82) is 0 Å². The summed E-state index contributed by atoms with van der Waals surface area (Å²) < 4.78 is 10.5.